The van der Waals surface area contributed by atoms with Crippen LogP contribution in [0.25, 0.3) is 11.0 Å². The topological polar surface area (TPSA) is 43.8 Å². The molecule has 0 amide bonds. The summed E-state index contributed by atoms with van der Waals surface area (Å²) < 4.78 is 37.7. The number of nitrogen functional groups attached to an aromatic ring is 1. The van der Waals surface area contributed by atoms with Gasteiger partial charge in [0.15, 0.2) is 0 Å². The molecule has 0 aliphatic heterocycles. The fraction of sp³-hybridized carbons (Fsp3) is 0.300. The number of nitrogens with two attached hydrogens (primary N) is 1. The summed E-state index contributed by atoms with van der Waals surface area (Å²) in [5.74, 6) is 0.0329. The predicted molar refractivity (Wildman–Crippen MR) is 67.7 cm³/mol. The minimum Gasteiger partial charge on any atom is -0.369 e. The van der Waals surface area contributed by atoms with E-state index in [4.69, 9.17) is 17.3 Å². The molecule has 8 heteroatoms. The third kappa shape index (κ3) is 2.84. The summed E-state index contributed by atoms with van der Waals surface area (Å²) in [7, 11) is 0. The fourth-order valence-electron chi connectivity index (χ4n) is 1.64. The van der Waals surface area contributed by atoms with Gasteiger partial charge in [-0.25, -0.2) is 4.98 Å². The van der Waals surface area contributed by atoms with Crippen LogP contribution in [0.3, 0.4) is 0 Å². The van der Waals surface area contributed by atoms with Gasteiger partial charge in [0.1, 0.15) is 0 Å². The highest BCUT2D eigenvalue weighted by molar-refractivity contribution is 8.00. The zero-order valence-corrected chi connectivity index (χ0v) is 10.6. The SMILES string of the molecule is Nc1nc2cccc(Cl)c2n1CCSC(F)(F)F. The summed E-state index contributed by atoms with van der Waals surface area (Å²) in [5.41, 5.74) is 2.58. The van der Waals surface area contributed by atoms with E-state index in [1.807, 2.05) is 0 Å². The van der Waals surface area contributed by atoms with Crippen LogP contribution in [0.1, 0.15) is 0 Å². The maximum atomic E-state index is 12.1. The average molecular weight is 296 g/mol. The number of nitrogens with zero attached hydrogens (tertiary/aromatic N) is 2. The number of imidazole rings is 1. The second-order valence-electron chi connectivity index (χ2n) is 3.52. The van der Waals surface area contributed by atoms with Crippen LogP contribution in [0, 0.1) is 0 Å². The second kappa shape index (κ2) is 4.89. The molecule has 0 unspecified atom stereocenters. The minimum atomic E-state index is -4.24. The summed E-state index contributed by atoms with van der Waals surface area (Å²) >= 11 is 5.91. The van der Waals surface area contributed by atoms with Crippen molar-refractivity contribution in [1.29, 1.82) is 0 Å². The Morgan fingerprint density at radius 3 is 2.78 bits per heavy atom. The van der Waals surface area contributed by atoms with E-state index in [-0.39, 0.29) is 30.0 Å². The highest BCUT2D eigenvalue weighted by atomic mass is 35.5. The maximum Gasteiger partial charge on any atom is 0.441 e. The highest BCUT2D eigenvalue weighted by Crippen LogP contribution is 2.31. The van der Waals surface area contributed by atoms with Crippen LogP contribution in [0.2, 0.25) is 5.02 Å². The zero-order valence-electron chi connectivity index (χ0n) is 9.04. The Balaban J connectivity index is 2.25. The molecule has 2 rings (SSSR count). The van der Waals surface area contributed by atoms with Crippen molar-refractivity contribution in [3.05, 3.63) is 23.2 Å². The number of thioether (sulfide) groups is 1. The molecule has 0 saturated carbocycles. The molecular weight excluding hydrogens is 287 g/mol. The first-order valence-electron chi connectivity index (χ1n) is 4.99. The molecule has 0 saturated heterocycles. The standard InChI is InChI=1S/C10H9ClF3N3S/c11-6-2-1-3-7-8(6)17(9(15)16-7)4-5-18-10(12,13)14/h1-3H,4-5H2,(H2,15,16). The normalized spacial score (nSPS) is 12.2. The lowest BCUT2D eigenvalue weighted by Gasteiger charge is -2.08. The first-order valence-corrected chi connectivity index (χ1v) is 6.36. The first kappa shape index (κ1) is 13.4. The van der Waals surface area contributed by atoms with Crippen LogP contribution in [0.4, 0.5) is 19.1 Å². The molecule has 1 heterocycles. The number of benzene rings is 1. The van der Waals surface area contributed by atoms with Crippen LogP contribution >= 0.6 is 23.4 Å². The average Bonchev–Trinajstić information content (AvgIpc) is 2.55. The van der Waals surface area contributed by atoms with Gasteiger partial charge >= 0.3 is 5.51 Å². The van der Waals surface area contributed by atoms with E-state index in [1.54, 1.807) is 18.2 Å². The lowest BCUT2D eigenvalue weighted by molar-refractivity contribution is -0.0328. The Morgan fingerprint density at radius 1 is 1.39 bits per heavy atom. The van der Waals surface area contributed by atoms with Gasteiger partial charge in [0.2, 0.25) is 5.95 Å². The number of halogens is 4. The van der Waals surface area contributed by atoms with Crippen molar-refractivity contribution in [1.82, 2.24) is 9.55 Å². The Bertz CT molecular complexity index is 567. The van der Waals surface area contributed by atoms with E-state index in [0.717, 1.165) is 0 Å². The lowest BCUT2D eigenvalue weighted by atomic mass is 10.3. The molecule has 18 heavy (non-hydrogen) atoms. The third-order valence-electron chi connectivity index (χ3n) is 2.33. The van der Waals surface area contributed by atoms with Crippen LogP contribution < -0.4 is 5.73 Å². The number of anilines is 1. The van der Waals surface area contributed by atoms with E-state index in [0.29, 0.717) is 16.1 Å². The number of hydrogen-bond acceptors (Lipinski definition) is 3. The molecule has 1 aromatic carbocycles. The van der Waals surface area contributed by atoms with Crippen molar-refractivity contribution < 1.29 is 13.2 Å². The smallest absolute Gasteiger partial charge is 0.369 e. The summed E-state index contributed by atoms with van der Waals surface area (Å²) in [6.07, 6.45) is 0. The van der Waals surface area contributed by atoms with E-state index >= 15 is 0 Å². The molecule has 98 valence electrons. The molecular formula is C10H9ClF3N3S. The molecule has 0 atom stereocenters. The molecule has 0 aliphatic rings. The Kier molecular flexibility index (Phi) is 3.63. The molecule has 3 nitrogen and oxygen atoms in total. The predicted octanol–water partition coefficient (Wildman–Crippen LogP) is 3.52. The lowest BCUT2D eigenvalue weighted by Crippen LogP contribution is -2.09. The number of fused-ring (bicyclic) bond motifs is 1. The zero-order chi connectivity index (χ0) is 13.3. The summed E-state index contributed by atoms with van der Waals surface area (Å²) in [6, 6.07) is 5.08. The summed E-state index contributed by atoms with van der Waals surface area (Å²) in [5, 5.41) is 0.425. The quantitative estimate of drug-likeness (QED) is 0.942. The van der Waals surface area contributed by atoms with Gasteiger partial charge in [-0.2, -0.15) is 13.2 Å². The van der Waals surface area contributed by atoms with Crippen molar-refractivity contribution in [2.75, 3.05) is 11.5 Å². The van der Waals surface area contributed by atoms with Gasteiger partial charge < -0.3 is 10.3 Å². The van der Waals surface area contributed by atoms with Gasteiger partial charge in [-0.05, 0) is 23.9 Å². The molecule has 0 bridgehead atoms. The summed E-state index contributed by atoms with van der Waals surface area (Å²) in [6.45, 7) is 0.107. The highest BCUT2D eigenvalue weighted by Gasteiger charge is 2.27. The van der Waals surface area contributed by atoms with Crippen molar-refractivity contribution in [3.63, 3.8) is 0 Å². The molecule has 0 fully saturated rings. The van der Waals surface area contributed by atoms with Gasteiger partial charge in [0, 0.05) is 12.3 Å². The van der Waals surface area contributed by atoms with E-state index in [1.165, 1.54) is 4.57 Å². The molecule has 2 aromatic rings. The van der Waals surface area contributed by atoms with Gasteiger partial charge in [-0.3, -0.25) is 0 Å². The molecule has 0 spiro atoms. The molecule has 1 aromatic heterocycles. The molecule has 0 aliphatic carbocycles. The van der Waals surface area contributed by atoms with E-state index < -0.39 is 5.51 Å². The monoisotopic (exact) mass is 295 g/mol. The van der Waals surface area contributed by atoms with Crippen molar-refractivity contribution in [2.24, 2.45) is 0 Å². The van der Waals surface area contributed by atoms with Crippen LogP contribution in [-0.4, -0.2) is 20.8 Å². The van der Waals surface area contributed by atoms with Gasteiger partial charge in [-0.1, -0.05) is 17.7 Å². The Hall–Kier alpha value is -1.08. The second-order valence-corrected chi connectivity index (χ2v) is 5.09. The number of rotatable bonds is 3. The van der Waals surface area contributed by atoms with E-state index in [9.17, 15) is 13.2 Å². The van der Waals surface area contributed by atoms with Gasteiger partial charge in [0.05, 0.1) is 16.1 Å². The number of hydrogen-bond donors (Lipinski definition) is 1. The van der Waals surface area contributed by atoms with Crippen molar-refractivity contribution >= 4 is 40.3 Å². The third-order valence-corrected chi connectivity index (χ3v) is 3.35. The molecule has 2 N–H and O–H groups in total. The number of para-hydroxylation sites is 1. The van der Waals surface area contributed by atoms with Crippen LogP contribution in [-0.2, 0) is 6.54 Å². The number of aromatic nitrogens is 2. The maximum absolute atomic E-state index is 12.1. The number of aryl methyl sites for hydroxylation is 1. The molecule has 0 radical (unpaired) electrons. The van der Waals surface area contributed by atoms with Crippen LogP contribution in [0.15, 0.2) is 18.2 Å². The Morgan fingerprint density at radius 2 is 2.11 bits per heavy atom. The number of alkyl halides is 3. The first-order chi connectivity index (χ1) is 8.38. The minimum absolute atomic E-state index is 0.0923. The largest absolute Gasteiger partial charge is 0.441 e. The van der Waals surface area contributed by atoms with Crippen molar-refractivity contribution in [2.45, 2.75) is 12.1 Å². The van der Waals surface area contributed by atoms with Crippen LogP contribution in [0.5, 0.6) is 0 Å². The Labute approximate surface area is 110 Å². The summed E-state index contributed by atoms with van der Waals surface area (Å²) in [4.78, 5) is 4.05. The van der Waals surface area contributed by atoms with Gasteiger partial charge in [0.25, 0.3) is 0 Å². The van der Waals surface area contributed by atoms with E-state index in [2.05, 4.69) is 4.98 Å². The van der Waals surface area contributed by atoms with Gasteiger partial charge in [-0.15, -0.1) is 0 Å². The fourth-order valence-corrected chi connectivity index (χ4v) is 2.42. The van der Waals surface area contributed by atoms with Crippen molar-refractivity contribution in [3.8, 4) is 0 Å².